The number of anilines is 4. The van der Waals surface area contributed by atoms with E-state index in [-0.39, 0.29) is 5.95 Å². The molecule has 5 rings (SSSR count). The molecule has 0 bridgehead atoms. The number of benzene rings is 1. The first-order valence-electron chi connectivity index (χ1n) is 10.4. The van der Waals surface area contributed by atoms with Crippen LogP contribution in [0.3, 0.4) is 0 Å². The van der Waals surface area contributed by atoms with Crippen molar-refractivity contribution in [1.29, 1.82) is 0 Å². The summed E-state index contributed by atoms with van der Waals surface area (Å²) in [5, 5.41) is 6.48. The maximum absolute atomic E-state index is 11.7. The van der Waals surface area contributed by atoms with E-state index in [1.54, 1.807) is 18.6 Å². The molecule has 0 spiro atoms. The van der Waals surface area contributed by atoms with Crippen LogP contribution in [0.4, 0.5) is 23.1 Å². The van der Waals surface area contributed by atoms with Gasteiger partial charge in [0, 0.05) is 48.0 Å². The number of carbonyl (C=O) groups is 1. The zero-order chi connectivity index (χ0) is 21.9. The van der Waals surface area contributed by atoms with Crippen LogP contribution in [-0.4, -0.2) is 47.5 Å². The highest BCUT2D eigenvalue weighted by molar-refractivity contribution is 5.80. The molecule has 0 amide bonds. The molecule has 2 aliphatic rings. The molecule has 162 valence electrons. The summed E-state index contributed by atoms with van der Waals surface area (Å²) < 4.78 is 5.43. The van der Waals surface area contributed by atoms with Crippen LogP contribution in [0.2, 0.25) is 0 Å². The van der Waals surface area contributed by atoms with Crippen LogP contribution in [0, 0.1) is 0 Å². The molecule has 9 nitrogen and oxygen atoms in total. The number of aromatic nitrogens is 3. The van der Waals surface area contributed by atoms with E-state index in [0.29, 0.717) is 11.5 Å². The van der Waals surface area contributed by atoms with Gasteiger partial charge in [-0.25, -0.2) is 15.0 Å². The van der Waals surface area contributed by atoms with E-state index < -0.39 is 6.04 Å². The molecule has 0 saturated carbocycles. The number of nitrogen functional groups attached to an aromatic ring is 1. The van der Waals surface area contributed by atoms with Crippen molar-refractivity contribution in [2.75, 3.05) is 42.3 Å². The van der Waals surface area contributed by atoms with Gasteiger partial charge in [-0.3, -0.25) is 0 Å². The molecule has 9 heteroatoms. The highest BCUT2D eigenvalue weighted by atomic mass is 16.5. The van der Waals surface area contributed by atoms with Gasteiger partial charge in [0.2, 0.25) is 5.95 Å². The molecule has 4 N–H and O–H groups in total. The number of nitrogens with one attached hydrogen (secondary N) is 2. The maximum atomic E-state index is 11.7. The smallest absolute Gasteiger partial charge is 0.219 e. The lowest BCUT2D eigenvalue weighted by atomic mass is 9.97. The minimum Gasteiger partial charge on any atom is -0.378 e. The van der Waals surface area contributed by atoms with E-state index in [0.717, 1.165) is 60.7 Å². The molecule has 1 atom stereocenters. The van der Waals surface area contributed by atoms with Gasteiger partial charge in [0.15, 0.2) is 0 Å². The average molecular weight is 429 g/mol. The lowest BCUT2D eigenvalue weighted by Gasteiger charge is -2.29. The molecule has 1 unspecified atom stereocenters. The van der Waals surface area contributed by atoms with Gasteiger partial charge < -0.3 is 30.8 Å². The minimum atomic E-state index is -0.491. The van der Waals surface area contributed by atoms with Crippen LogP contribution < -0.4 is 21.3 Å². The predicted molar refractivity (Wildman–Crippen MR) is 123 cm³/mol. The average Bonchev–Trinajstić information content (AvgIpc) is 2.85. The number of aldehydes is 1. The number of nitrogens with zero attached hydrogens (tertiary/aromatic N) is 4. The van der Waals surface area contributed by atoms with Gasteiger partial charge in [-0.05, 0) is 48.2 Å². The molecule has 1 aromatic carbocycles. The van der Waals surface area contributed by atoms with Gasteiger partial charge in [0.05, 0.1) is 18.9 Å². The summed E-state index contributed by atoms with van der Waals surface area (Å²) >= 11 is 0. The van der Waals surface area contributed by atoms with E-state index in [9.17, 15) is 4.79 Å². The first kappa shape index (κ1) is 20.0. The van der Waals surface area contributed by atoms with Gasteiger partial charge in [-0.15, -0.1) is 0 Å². The second-order valence-corrected chi connectivity index (χ2v) is 7.57. The number of pyridine rings is 1. The number of carbonyl (C=O) groups excluding carboxylic acids is 1. The van der Waals surface area contributed by atoms with Gasteiger partial charge >= 0.3 is 0 Å². The Balaban J connectivity index is 1.50. The van der Waals surface area contributed by atoms with Crippen molar-refractivity contribution in [3.63, 3.8) is 0 Å². The van der Waals surface area contributed by atoms with Crippen molar-refractivity contribution in [2.24, 2.45) is 0 Å². The number of fused-ring (bicyclic) bond motifs is 1. The first-order chi connectivity index (χ1) is 15.7. The van der Waals surface area contributed by atoms with E-state index in [1.165, 1.54) is 0 Å². The number of hydrogen-bond donors (Lipinski definition) is 3. The second kappa shape index (κ2) is 8.64. The van der Waals surface area contributed by atoms with Crippen LogP contribution in [0.15, 0.2) is 48.9 Å². The summed E-state index contributed by atoms with van der Waals surface area (Å²) in [6.07, 6.45) is 7.85. The molecule has 1 fully saturated rings. The zero-order valence-corrected chi connectivity index (χ0v) is 17.4. The summed E-state index contributed by atoms with van der Waals surface area (Å²) in [4.78, 5) is 27.0. The van der Waals surface area contributed by atoms with Crippen molar-refractivity contribution in [3.05, 3.63) is 60.1 Å². The number of ether oxygens (including phenoxy) is 1. The standard InChI is InChI=1S/C23H23N7O2/c24-23-26-12-16(13-27-23)19-11-15-5-6-25-20(14-31)21(15)22(29-19)28-17-1-3-18(4-2-17)30-7-9-32-10-8-30/h1-6,11-14,20,25H,7-10H2,(H,28,29)(H2,24,26,27). The van der Waals surface area contributed by atoms with Crippen molar-refractivity contribution in [1.82, 2.24) is 20.3 Å². The third kappa shape index (κ3) is 3.97. The van der Waals surface area contributed by atoms with Crippen molar-refractivity contribution in [3.8, 4) is 11.3 Å². The topological polar surface area (TPSA) is 118 Å². The van der Waals surface area contributed by atoms with Crippen LogP contribution in [0.1, 0.15) is 17.2 Å². The van der Waals surface area contributed by atoms with E-state index in [4.69, 9.17) is 15.5 Å². The van der Waals surface area contributed by atoms with Gasteiger partial charge in [-0.2, -0.15) is 0 Å². The normalized spacial score (nSPS) is 17.4. The minimum absolute atomic E-state index is 0.204. The van der Waals surface area contributed by atoms with E-state index in [2.05, 4.69) is 37.6 Å². The maximum Gasteiger partial charge on any atom is 0.219 e. The third-order valence-corrected chi connectivity index (χ3v) is 5.55. The number of morpholine rings is 1. The van der Waals surface area contributed by atoms with Crippen molar-refractivity contribution >= 4 is 35.5 Å². The van der Waals surface area contributed by atoms with Crippen LogP contribution >= 0.6 is 0 Å². The molecule has 32 heavy (non-hydrogen) atoms. The Bertz CT molecular complexity index is 1140. The number of rotatable bonds is 5. The molecular weight excluding hydrogens is 406 g/mol. The van der Waals surface area contributed by atoms with E-state index >= 15 is 0 Å². The van der Waals surface area contributed by atoms with Gasteiger partial charge in [0.25, 0.3) is 0 Å². The molecule has 2 aromatic heterocycles. The van der Waals surface area contributed by atoms with Gasteiger partial charge in [-0.1, -0.05) is 0 Å². The quantitative estimate of drug-likeness (QED) is 0.526. The summed E-state index contributed by atoms with van der Waals surface area (Å²) in [5.41, 5.74) is 10.8. The molecule has 1 saturated heterocycles. The van der Waals surface area contributed by atoms with Crippen molar-refractivity contribution < 1.29 is 9.53 Å². The third-order valence-electron chi connectivity index (χ3n) is 5.55. The molecule has 0 aliphatic carbocycles. The fraction of sp³-hybridized carbons (Fsp3) is 0.217. The summed E-state index contributed by atoms with van der Waals surface area (Å²) in [6.45, 7) is 3.25. The molecular formula is C23H23N7O2. The lowest BCUT2D eigenvalue weighted by Crippen LogP contribution is -2.36. The molecule has 2 aliphatic heterocycles. The zero-order valence-electron chi connectivity index (χ0n) is 17.4. The highest BCUT2D eigenvalue weighted by Crippen LogP contribution is 2.34. The second-order valence-electron chi connectivity index (χ2n) is 7.57. The Morgan fingerprint density at radius 2 is 1.91 bits per heavy atom. The first-order valence-corrected chi connectivity index (χ1v) is 10.4. The largest absolute Gasteiger partial charge is 0.378 e. The Kier molecular flexibility index (Phi) is 5.39. The number of nitrogens with two attached hydrogens (primary N) is 1. The molecule has 4 heterocycles. The number of hydrogen-bond acceptors (Lipinski definition) is 9. The molecule has 3 aromatic rings. The fourth-order valence-corrected chi connectivity index (χ4v) is 3.90. The molecule has 0 radical (unpaired) electrons. The Hall–Kier alpha value is -3.98. The van der Waals surface area contributed by atoms with Gasteiger partial charge in [0.1, 0.15) is 18.1 Å². The van der Waals surface area contributed by atoms with Crippen LogP contribution in [0.5, 0.6) is 0 Å². The summed E-state index contributed by atoms with van der Waals surface area (Å²) in [6, 6.07) is 9.61. The van der Waals surface area contributed by atoms with Crippen LogP contribution in [-0.2, 0) is 9.53 Å². The Morgan fingerprint density at radius 1 is 1.16 bits per heavy atom. The Morgan fingerprint density at radius 3 is 2.62 bits per heavy atom. The highest BCUT2D eigenvalue weighted by Gasteiger charge is 2.23. The van der Waals surface area contributed by atoms with E-state index in [1.807, 2.05) is 24.3 Å². The van der Waals surface area contributed by atoms with Crippen molar-refractivity contribution in [2.45, 2.75) is 6.04 Å². The fourth-order valence-electron chi connectivity index (χ4n) is 3.90. The predicted octanol–water partition coefficient (Wildman–Crippen LogP) is 2.51. The SMILES string of the molecule is Nc1ncc(-c2cc3c(c(Nc4ccc(N5CCOCC5)cc4)n2)C(C=O)NC=C3)cn1. The summed E-state index contributed by atoms with van der Waals surface area (Å²) in [7, 11) is 0. The van der Waals surface area contributed by atoms with Crippen LogP contribution in [0.25, 0.3) is 17.3 Å². The summed E-state index contributed by atoms with van der Waals surface area (Å²) in [5.74, 6) is 0.804. The monoisotopic (exact) mass is 429 g/mol. The Labute approximate surface area is 185 Å². The lowest BCUT2D eigenvalue weighted by molar-refractivity contribution is -0.109.